The third-order valence-electron chi connectivity index (χ3n) is 2.23. The van der Waals surface area contributed by atoms with Crippen LogP contribution >= 0.6 is 0 Å². The monoisotopic (exact) mass is 172 g/mol. The van der Waals surface area contributed by atoms with Gasteiger partial charge in [0.05, 0.1) is 0 Å². The van der Waals surface area contributed by atoms with E-state index < -0.39 is 0 Å². The summed E-state index contributed by atoms with van der Waals surface area (Å²) in [5, 5.41) is 0. The molecule has 2 heteroatoms. The van der Waals surface area contributed by atoms with Crippen LogP contribution in [0, 0.1) is 11.8 Å². The highest BCUT2D eigenvalue weighted by molar-refractivity contribution is 4.73. The van der Waals surface area contributed by atoms with Gasteiger partial charge in [-0.15, -0.1) is 0 Å². The van der Waals surface area contributed by atoms with Crippen LogP contribution in [-0.4, -0.2) is 31.1 Å². The standard InChI is InChI=1S/C10H24N2/c1-8(2)7-12(5)10(6-11)9(3)4/h8-10H,6-7,11H2,1-5H3. The number of nitrogens with two attached hydrogens (primary N) is 1. The second-order valence-corrected chi connectivity index (χ2v) is 4.38. The highest BCUT2D eigenvalue weighted by Crippen LogP contribution is 2.09. The Morgan fingerprint density at radius 2 is 1.67 bits per heavy atom. The first-order chi connectivity index (χ1) is 5.49. The quantitative estimate of drug-likeness (QED) is 0.682. The van der Waals surface area contributed by atoms with Gasteiger partial charge in [0, 0.05) is 19.1 Å². The van der Waals surface area contributed by atoms with Crippen LogP contribution in [0.15, 0.2) is 0 Å². The molecule has 0 aliphatic carbocycles. The van der Waals surface area contributed by atoms with Crippen LogP contribution in [-0.2, 0) is 0 Å². The zero-order valence-electron chi connectivity index (χ0n) is 9.17. The van der Waals surface area contributed by atoms with Crippen molar-refractivity contribution in [2.75, 3.05) is 20.1 Å². The maximum absolute atomic E-state index is 5.71. The average Bonchev–Trinajstić information content (AvgIpc) is 1.85. The molecule has 0 amide bonds. The summed E-state index contributed by atoms with van der Waals surface area (Å²) in [6.45, 7) is 10.8. The molecule has 0 fully saturated rings. The molecule has 0 aliphatic heterocycles. The fourth-order valence-electron chi connectivity index (χ4n) is 1.67. The Morgan fingerprint density at radius 1 is 1.17 bits per heavy atom. The van der Waals surface area contributed by atoms with Gasteiger partial charge in [-0.25, -0.2) is 0 Å². The molecule has 74 valence electrons. The minimum absolute atomic E-state index is 0.535. The average molecular weight is 172 g/mol. The van der Waals surface area contributed by atoms with E-state index >= 15 is 0 Å². The Bertz CT molecular complexity index is 110. The highest BCUT2D eigenvalue weighted by atomic mass is 15.1. The topological polar surface area (TPSA) is 29.3 Å². The molecule has 0 aliphatic rings. The number of hydrogen-bond acceptors (Lipinski definition) is 2. The molecule has 0 saturated carbocycles. The van der Waals surface area contributed by atoms with Gasteiger partial charge in [-0.05, 0) is 18.9 Å². The summed E-state index contributed by atoms with van der Waals surface area (Å²) in [6.07, 6.45) is 0. The molecule has 1 unspecified atom stereocenters. The van der Waals surface area contributed by atoms with Crippen LogP contribution < -0.4 is 5.73 Å². The second kappa shape index (κ2) is 5.55. The molecule has 0 heterocycles. The van der Waals surface area contributed by atoms with Crippen molar-refractivity contribution in [2.24, 2.45) is 17.6 Å². The molecule has 2 nitrogen and oxygen atoms in total. The summed E-state index contributed by atoms with van der Waals surface area (Å²) in [4.78, 5) is 2.37. The van der Waals surface area contributed by atoms with Crippen LogP contribution in [0.5, 0.6) is 0 Å². The summed E-state index contributed by atoms with van der Waals surface area (Å²) in [6, 6.07) is 0.535. The SMILES string of the molecule is CC(C)CN(C)C(CN)C(C)C. The van der Waals surface area contributed by atoms with Gasteiger partial charge in [0.15, 0.2) is 0 Å². The van der Waals surface area contributed by atoms with Crippen LogP contribution in [0.1, 0.15) is 27.7 Å². The fourth-order valence-corrected chi connectivity index (χ4v) is 1.67. The molecule has 2 N–H and O–H groups in total. The molecule has 12 heavy (non-hydrogen) atoms. The van der Waals surface area contributed by atoms with Gasteiger partial charge in [-0.2, -0.15) is 0 Å². The molecule has 0 rings (SSSR count). The van der Waals surface area contributed by atoms with Crippen molar-refractivity contribution >= 4 is 0 Å². The maximum Gasteiger partial charge on any atom is 0.0238 e. The minimum Gasteiger partial charge on any atom is -0.329 e. The molecule has 0 aromatic rings. The molecule has 0 saturated heterocycles. The Labute approximate surface area is 77.1 Å². The third kappa shape index (κ3) is 4.07. The van der Waals surface area contributed by atoms with Gasteiger partial charge >= 0.3 is 0 Å². The lowest BCUT2D eigenvalue weighted by Crippen LogP contribution is -2.43. The minimum atomic E-state index is 0.535. The van der Waals surface area contributed by atoms with Crippen molar-refractivity contribution in [3.05, 3.63) is 0 Å². The van der Waals surface area contributed by atoms with Gasteiger partial charge in [0.1, 0.15) is 0 Å². The normalized spacial score (nSPS) is 14.8. The van der Waals surface area contributed by atoms with Crippen LogP contribution in [0.2, 0.25) is 0 Å². The van der Waals surface area contributed by atoms with Gasteiger partial charge in [-0.3, -0.25) is 0 Å². The number of hydrogen-bond donors (Lipinski definition) is 1. The first-order valence-corrected chi connectivity index (χ1v) is 4.89. The van der Waals surface area contributed by atoms with Gasteiger partial charge in [-0.1, -0.05) is 27.7 Å². The molecule has 0 aromatic carbocycles. The molecule has 0 spiro atoms. The van der Waals surface area contributed by atoms with Crippen LogP contribution in [0.4, 0.5) is 0 Å². The summed E-state index contributed by atoms with van der Waals surface area (Å²) >= 11 is 0. The fraction of sp³-hybridized carbons (Fsp3) is 1.00. The predicted octanol–water partition coefficient (Wildman–Crippen LogP) is 1.56. The first-order valence-electron chi connectivity index (χ1n) is 4.89. The lowest BCUT2D eigenvalue weighted by Gasteiger charge is -2.31. The lowest BCUT2D eigenvalue weighted by molar-refractivity contribution is 0.179. The first kappa shape index (κ1) is 11.9. The Balaban J connectivity index is 3.94. The summed E-state index contributed by atoms with van der Waals surface area (Å²) in [7, 11) is 2.16. The van der Waals surface area contributed by atoms with E-state index in [-0.39, 0.29) is 0 Å². The van der Waals surface area contributed by atoms with Gasteiger partial charge < -0.3 is 10.6 Å². The zero-order chi connectivity index (χ0) is 9.72. The van der Waals surface area contributed by atoms with Crippen molar-refractivity contribution in [1.82, 2.24) is 4.90 Å². The Morgan fingerprint density at radius 3 is 1.92 bits per heavy atom. The van der Waals surface area contributed by atoms with Crippen molar-refractivity contribution < 1.29 is 0 Å². The third-order valence-corrected chi connectivity index (χ3v) is 2.23. The smallest absolute Gasteiger partial charge is 0.0238 e. The van der Waals surface area contributed by atoms with Crippen molar-refractivity contribution in [1.29, 1.82) is 0 Å². The lowest BCUT2D eigenvalue weighted by atomic mass is 10.0. The van der Waals surface area contributed by atoms with Gasteiger partial charge in [0.25, 0.3) is 0 Å². The van der Waals surface area contributed by atoms with E-state index in [9.17, 15) is 0 Å². The van der Waals surface area contributed by atoms with Gasteiger partial charge in [0.2, 0.25) is 0 Å². The number of rotatable bonds is 5. The molecule has 0 aromatic heterocycles. The largest absolute Gasteiger partial charge is 0.329 e. The van der Waals surface area contributed by atoms with E-state index in [2.05, 4.69) is 39.6 Å². The zero-order valence-corrected chi connectivity index (χ0v) is 9.17. The molecule has 0 radical (unpaired) electrons. The number of nitrogens with zero attached hydrogens (tertiary/aromatic N) is 1. The van der Waals surface area contributed by atoms with E-state index in [1.807, 2.05) is 0 Å². The van der Waals surface area contributed by atoms with Crippen molar-refractivity contribution in [2.45, 2.75) is 33.7 Å². The van der Waals surface area contributed by atoms with Crippen LogP contribution in [0.25, 0.3) is 0 Å². The van der Waals surface area contributed by atoms with E-state index in [0.717, 1.165) is 19.0 Å². The predicted molar refractivity (Wildman–Crippen MR) is 55.1 cm³/mol. The van der Waals surface area contributed by atoms with E-state index in [1.54, 1.807) is 0 Å². The van der Waals surface area contributed by atoms with E-state index in [1.165, 1.54) is 0 Å². The number of likely N-dealkylation sites (N-methyl/N-ethyl adjacent to an activating group) is 1. The van der Waals surface area contributed by atoms with E-state index in [4.69, 9.17) is 5.73 Å². The molecular formula is C10H24N2. The van der Waals surface area contributed by atoms with E-state index in [0.29, 0.717) is 12.0 Å². The highest BCUT2D eigenvalue weighted by Gasteiger charge is 2.16. The summed E-state index contributed by atoms with van der Waals surface area (Å²) in [5.41, 5.74) is 5.71. The molecular weight excluding hydrogens is 148 g/mol. The molecule has 0 bridgehead atoms. The van der Waals surface area contributed by atoms with Crippen molar-refractivity contribution in [3.8, 4) is 0 Å². The van der Waals surface area contributed by atoms with Crippen molar-refractivity contribution in [3.63, 3.8) is 0 Å². The Hall–Kier alpha value is -0.0800. The van der Waals surface area contributed by atoms with Crippen LogP contribution in [0.3, 0.4) is 0 Å². The summed E-state index contributed by atoms with van der Waals surface area (Å²) in [5.74, 6) is 1.38. The summed E-state index contributed by atoms with van der Waals surface area (Å²) < 4.78 is 0. The maximum atomic E-state index is 5.71. The molecule has 1 atom stereocenters. The Kier molecular flexibility index (Phi) is 5.51. The second-order valence-electron chi connectivity index (χ2n) is 4.38.